The third kappa shape index (κ3) is 3.23. The Bertz CT molecular complexity index is 698. The molecule has 100 valence electrons. The summed E-state index contributed by atoms with van der Waals surface area (Å²) in [5.74, 6) is -0.536. The van der Waals surface area contributed by atoms with Gasteiger partial charge in [0, 0.05) is 9.86 Å². The Morgan fingerprint density at radius 2 is 1.95 bits per heavy atom. The van der Waals surface area contributed by atoms with E-state index in [9.17, 15) is 9.59 Å². The van der Waals surface area contributed by atoms with Gasteiger partial charge in [0.2, 0.25) is 0 Å². The minimum Gasteiger partial charge on any atom is -0.455 e. The molecule has 5 heteroatoms. The smallest absolute Gasteiger partial charge is 0.355 e. The van der Waals surface area contributed by atoms with Crippen molar-refractivity contribution in [3.8, 4) is 0 Å². The largest absolute Gasteiger partial charge is 0.455 e. The molecule has 1 N–H and O–H groups in total. The molecule has 0 spiro atoms. The summed E-state index contributed by atoms with van der Waals surface area (Å²) in [6.45, 7) is 5.34. The molecule has 0 amide bonds. The van der Waals surface area contributed by atoms with Crippen LogP contribution in [0.3, 0.4) is 0 Å². The van der Waals surface area contributed by atoms with Crippen LogP contribution in [0.25, 0.3) is 10.8 Å². The van der Waals surface area contributed by atoms with Gasteiger partial charge in [0.25, 0.3) is 5.56 Å². The molecule has 1 aromatic carbocycles. The standard InChI is InChI=1S/C14H14BrNO3/c1-14(2,3)19-13(18)11-7-8-6-9(15)4-5-10(8)12(17)16-11/h4-7H,1-3H3,(H,16,17). The molecule has 2 aromatic rings. The third-order valence-corrected chi connectivity index (χ3v) is 2.92. The van der Waals surface area contributed by atoms with E-state index < -0.39 is 11.6 Å². The second-order valence-corrected chi connectivity index (χ2v) is 6.16. The average Bonchev–Trinajstić information content (AvgIpc) is 2.25. The van der Waals surface area contributed by atoms with Gasteiger partial charge < -0.3 is 9.72 Å². The molecule has 0 bridgehead atoms. The lowest BCUT2D eigenvalue weighted by Gasteiger charge is -2.19. The highest BCUT2D eigenvalue weighted by Crippen LogP contribution is 2.18. The zero-order chi connectivity index (χ0) is 14.2. The molecule has 0 aliphatic carbocycles. The van der Waals surface area contributed by atoms with E-state index in [1.165, 1.54) is 0 Å². The molecule has 4 nitrogen and oxygen atoms in total. The number of halogens is 1. The first-order valence-corrected chi connectivity index (χ1v) is 6.61. The maximum atomic E-state index is 11.9. The minimum absolute atomic E-state index is 0.158. The van der Waals surface area contributed by atoms with Crippen LogP contribution in [-0.2, 0) is 4.74 Å². The number of hydrogen-bond acceptors (Lipinski definition) is 3. The first-order valence-electron chi connectivity index (χ1n) is 5.82. The van der Waals surface area contributed by atoms with Crippen LogP contribution in [0.5, 0.6) is 0 Å². The molecule has 0 aliphatic heterocycles. The quantitative estimate of drug-likeness (QED) is 0.819. The van der Waals surface area contributed by atoms with Crippen LogP contribution in [0.1, 0.15) is 31.3 Å². The number of carbonyl (C=O) groups is 1. The van der Waals surface area contributed by atoms with Gasteiger partial charge in [-0.15, -0.1) is 0 Å². The lowest BCUT2D eigenvalue weighted by atomic mass is 10.1. The monoisotopic (exact) mass is 323 g/mol. The summed E-state index contributed by atoms with van der Waals surface area (Å²) in [5.41, 5.74) is -0.739. The van der Waals surface area contributed by atoms with Crippen molar-refractivity contribution in [1.29, 1.82) is 0 Å². The predicted molar refractivity (Wildman–Crippen MR) is 77.4 cm³/mol. The molecule has 19 heavy (non-hydrogen) atoms. The number of ether oxygens (including phenoxy) is 1. The highest BCUT2D eigenvalue weighted by atomic mass is 79.9. The summed E-state index contributed by atoms with van der Waals surface area (Å²) < 4.78 is 6.09. The highest BCUT2D eigenvalue weighted by Gasteiger charge is 2.19. The third-order valence-electron chi connectivity index (χ3n) is 2.43. The van der Waals surface area contributed by atoms with Gasteiger partial charge in [0.1, 0.15) is 11.3 Å². The van der Waals surface area contributed by atoms with Gasteiger partial charge >= 0.3 is 5.97 Å². The Hall–Kier alpha value is -1.62. The minimum atomic E-state index is -0.597. The fourth-order valence-corrected chi connectivity index (χ4v) is 2.06. The fourth-order valence-electron chi connectivity index (χ4n) is 1.68. The Labute approximate surface area is 118 Å². The van der Waals surface area contributed by atoms with Crippen molar-refractivity contribution in [3.05, 3.63) is 44.8 Å². The zero-order valence-electron chi connectivity index (χ0n) is 10.9. The Kier molecular flexibility index (Phi) is 3.49. The average molecular weight is 324 g/mol. The van der Waals surface area contributed by atoms with Gasteiger partial charge in [0.05, 0.1) is 0 Å². The number of fused-ring (bicyclic) bond motifs is 1. The molecule has 0 unspecified atom stereocenters. The number of hydrogen-bond donors (Lipinski definition) is 1. The molecule has 0 aliphatic rings. The molecular weight excluding hydrogens is 310 g/mol. The predicted octanol–water partition coefficient (Wildman–Crippen LogP) is 3.25. The van der Waals surface area contributed by atoms with Crippen LogP contribution < -0.4 is 5.56 Å². The van der Waals surface area contributed by atoms with Crippen molar-refractivity contribution in [2.45, 2.75) is 26.4 Å². The lowest BCUT2D eigenvalue weighted by molar-refractivity contribution is 0.00628. The van der Waals surface area contributed by atoms with E-state index in [0.29, 0.717) is 10.8 Å². The Morgan fingerprint density at radius 1 is 1.26 bits per heavy atom. The summed E-state index contributed by atoms with van der Waals surface area (Å²) in [6, 6.07) is 6.90. The maximum Gasteiger partial charge on any atom is 0.355 e. The summed E-state index contributed by atoms with van der Waals surface area (Å²) in [5, 5.41) is 1.23. The van der Waals surface area contributed by atoms with E-state index in [1.54, 1.807) is 45.0 Å². The number of H-pyrrole nitrogens is 1. The van der Waals surface area contributed by atoms with Gasteiger partial charge in [-0.3, -0.25) is 4.79 Å². The second kappa shape index (κ2) is 4.81. The van der Waals surface area contributed by atoms with E-state index in [-0.39, 0.29) is 11.3 Å². The van der Waals surface area contributed by atoms with Crippen molar-refractivity contribution in [3.63, 3.8) is 0 Å². The van der Waals surface area contributed by atoms with Crippen molar-refractivity contribution < 1.29 is 9.53 Å². The maximum absolute atomic E-state index is 11.9. The second-order valence-electron chi connectivity index (χ2n) is 5.25. The van der Waals surface area contributed by atoms with E-state index in [0.717, 1.165) is 4.47 Å². The lowest BCUT2D eigenvalue weighted by Crippen LogP contribution is -2.25. The number of nitrogens with one attached hydrogen (secondary N) is 1. The van der Waals surface area contributed by atoms with E-state index in [4.69, 9.17) is 4.74 Å². The number of aromatic nitrogens is 1. The highest BCUT2D eigenvalue weighted by molar-refractivity contribution is 9.10. The summed E-state index contributed by atoms with van der Waals surface area (Å²) >= 11 is 3.34. The van der Waals surface area contributed by atoms with Crippen molar-refractivity contribution in [2.75, 3.05) is 0 Å². The van der Waals surface area contributed by atoms with Crippen LogP contribution >= 0.6 is 15.9 Å². The molecule has 0 saturated heterocycles. The molecule has 1 aromatic heterocycles. The van der Waals surface area contributed by atoms with E-state index >= 15 is 0 Å². The Morgan fingerprint density at radius 3 is 2.58 bits per heavy atom. The van der Waals surface area contributed by atoms with E-state index in [1.807, 2.05) is 0 Å². The topological polar surface area (TPSA) is 59.2 Å². The summed E-state index contributed by atoms with van der Waals surface area (Å²) in [6.07, 6.45) is 0. The molecule has 1 heterocycles. The van der Waals surface area contributed by atoms with E-state index in [2.05, 4.69) is 20.9 Å². The number of esters is 1. The van der Waals surface area contributed by atoms with Gasteiger partial charge in [-0.1, -0.05) is 15.9 Å². The van der Waals surface area contributed by atoms with Gasteiger partial charge in [-0.05, 0) is 50.4 Å². The zero-order valence-corrected chi connectivity index (χ0v) is 12.5. The molecule has 0 fully saturated rings. The first-order chi connectivity index (χ1) is 8.76. The van der Waals surface area contributed by atoms with Crippen molar-refractivity contribution >= 4 is 32.7 Å². The first kappa shape index (κ1) is 13.8. The molecule has 0 atom stereocenters. The molecule has 0 saturated carbocycles. The number of benzene rings is 1. The normalized spacial score (nSPS) is 11.6. The summed E-state index contributed by atoms with van der Waals surface area (Å²) in [4.78, 5) is 26.4. The van der Waals surface area contributed by atoms with Gasteiger partial charge in [-0.2, -0.15) is 0 Å². The SMILES string of the molecule is CC(C)(C)OC(=O)c1cc2cc(Br)ccc2c(=O)[nH]1. The van der Waals surface area contributed by atoms with Crippen LogP contribution in [0.2, 0.25) is 0 Å². The number of aromatic amines is 1. The molecule has 0 radical (unpaired) electrons. The number of rotatable bonds is 1. The molecule has 2 rings (SSSR count). The fraction of sp³-hybridized carbons (Fsp3) is 0.286. The van der Waals surface area contributed by atoms with Crippen LogP contribution in [0.15, 0.2) is 33.5 Å². The van der Waals surface area contributed by atoms with Crippen LogP contribution in [0.4, 0.5) is 0 Å². The van der Waals surface area contributed by atoms with Crippen LogP contribution in [-0.4, -0.2) is 16.6 Å². The Balaban J connectivity index is 2.51. The van der Waals surface area contributed by atoms with Crippen LogP contribution in [0, 0.1) is 0 Å². The van der Waals surface area contributed by atoms with Crippen molar-refractivity contribution in [1.82, 2.24) is 4.98 Å². The summed E-state index contributed by atoms with van der Waals surface area (Å²) in [7, 11) is 0. The van der Waals surface area contributed by atoms with Gasteiger partial charge in [0.15, 0.2) is 0 Å². The number of pyridine rings is 1. The molecular formula is C14H14BrNO3. The van der Waals surface area contributed by atoms with Gasteiger partial charge in [-0.25, -0.2) is 4.79 Å². The number of carbonyl (C=O) groups excluding carboxylic acids is 1. The van der Waals surface area contributed by atoms with Crippen molar-refractivity contribution in [2.24, 2.45) is 0 Å².